The molecular weight excluding hydrogens is 332 g/mol. The lowest BCUT2D eigenvalue weighted by Crippen LogP contribution is -2.15. The number of hydrogen-bond donors (Lipinski definition) is 1. The third kappa shape index (κ3) is 4.28. The van der Waals surface area contributed by atoms with Crippen molar-refractivity contribution in [2.75, 3.05) is 6.61 Å². The van der Waals surface area contributed by atoms with Crippen molar-refractivity contribution in [3.8, 4) is 5.75 Å². The highest BCUT2D eigenvalue weighted by atomic mass is 79.9. The van der Waals surface area contributed by atoms with Gasteiger partial charge in [0.2, 0.25) is 0 Å². The molecule has 1 aromatic heterocycles. The molecule has 6 heteroatoms. The lowest BCUT2D eigenvalue weighted by atomic mass is 10.2. The molecule has 1 fully saturated rings. The fourth-order valence-electron chi connectivity index (χ4n) is 2.04. The van der Waals surface area contributed by atoms with E-state index < -0.39 is 0 Å². The molecule has 112 valence electrons. The van der Waals surface area contributed by atoms with Gasteiger partial charge in [-0.25, -0.2) is 4.68 Å². The molecule has 1 aliphatic carbocycles. The predicted molar refractivity (Wildman–Crippen MR) is 84.3 cm³/mol. The maximum Gasteiger partial charge on any atom is 0.133 e. The highest BCUT2D eigenvalue weighted by Gasteiger charge is 2.20. The summed E-state index contributed by atoms with van der Waals surface area (Å²) in [4.78, 5) is 0. The maximum atomic E-state index is 5.76. The Labute approximate surface area is 132 Å². The summed E-state index contributed by atoms with van der Waals surface area (Å²) in [5, 5.41) is 11.7. The molecule has 5 nitrogen and oxygen atoms in total. The summed E-state index contributed by atoms with van der Waals surface area (Å²) in [6.07, 6.45) is 4.55. The van der Waals surface area contributed by atoms with E-state index in [4.69, 9.17) is 4.74 Å². The van der Waals surface area contributed by atoms with Crippen LogP contribution in [-0.4, -0.2) is 27.6 Å². The monoisotopic (exact) mass is 350 g/mol. The number of benzene rings is 1. The number of rotatable bonds is 7. The Bertz CT molecular complexity index is 609. The molecule has 3 rings (SSSR count). The van der Waals surface area contributed by atoms with Gasteiger partial charge in [-0.3, -0.25) is 0 Å². The Hall–Kier alpha value is -1.40. The van der Waals surface area contributed by atoms with Crippen LogP contribution < -0.4 is 10.1 Å². The van der Waals surface area contributed by atoms with Crippen LogP contribution in [0.15, 0.2) is 28.9 Å². The second-order valence-electron chi connectivity index (χ2n) is 5.41. The summed E-state index contributed by atoms with van der Waals surface area (Å²) in [7, 11) is 0. The fraction of sp³-hybridized carbons (Fsp3) is 0.467. The third-order valence-electron chi connectivity index (χ3n) is 3.40. The van der Waals surface area contributed by atoms with Crippen LogP contribution in [0, 0.1) is 6.92 Å². The van der Waals surface area contributed by atoms with E-state index >= 15 is 0 Å². The number of aryl methyl sites for hydroxylation is 1. The van der Waals surface area contributed by atoms with E-state index in [1.807, 2.05) is 29.1 Å². The minimum absolute atomic E-state index is 0.570. The first-order chi connectivity index (χ1) is 10.2. The largest absolute Gasteiger partial charge is 0.490 e. The number of nitrogens with one attached hydrogen (secondary N) is 1. The van der Waals surface area contributed by atoms with Crippen molar-refractivity contribution in [1.82, 2.24) is 20.3 Å². The molecule has 0 aliphatic heterocycles. The minimum atomic E-state index is 0.570. The topological polar surface area (TPSA) is 52.0 Å². The quantitative estimate of drug-likeness (QED) is 0.833. The molecule has 1 aromatic carbocycles. The lowest BCUT2D eigenvalue weighted by molar-refractivity contribution is 0.288. The van der Waals surface area contributed by atoms with Gasteiger partial charge in [-0.2, -0.15) is 0 Å². The molecule has 0 radical (unpaired) electrons. The summed E-state index contributed by atoms with van der Waals surface area (Å²) in [6.45, 7) is 4.12. The van der Waals surface area contributed by atoms with E-state index in [0.29, 0.717) is 19.2 Å². The Morgan fingerprint density at radius 1 is 1.43 bits per heavy atom. The van der Waals surface area contributed by atoms with Crippen LogP contribution in [0.2, 0.25) is 0 Å². The van der Waals surface area contributed by atoms with Crippen LogP contribution in [0.25, 0.3) is 0 Å². The lowest BCUT2D eigenvalue weighted by Gasteiger charge is -2.08. The number of ether oxygens (including phenoxy) is 1. The van der Waals surface area contributed by atoms with Crippen LogP contribution in [0.1, 0.15) is 24.1 Å². The van der Waals surface area contributed by atoms with Crippen molar-refractivity contribution in [1.29, 1.82) is 0 Å². The van der Waals surface area contributed by atoms with Gasteiger partial charge in [0, 0.05) is 18.8 Å². The standard InChI is InChI=1S/C15H19BrN4O/c1-11-2-5-15(14(16)8-11)21-7-6-20-10-13(18-19-20)9-17-12-3-4-12/h2,5,8,10,12,17H,3-4,6-7,9H2,1H3. The fourth-order valence-corrected chi connectivity index (χ4v) is 2.64. The van der Waals surface area contributed by atoms with Gasteiger partial charge in [0.15, 0.2) is 0 Å². The molecule has 0 saturated heterocycles. The highest BCUT2D eigenvalue weighted by molar-refractivity contribution is 9.10. The van der Waals surface area contributed by atoms with Crippen molar-refractivity contribution in [2.24, 2.45) is 0 Å². The number of hydrogen-bond acceptors (Lipinski definition) is 4. The summed E-state index contributed by atoms with van der Waals surface area (Å²) in [5.74, 6) is 0.858. The number of aromatic nitrogens is 3. The first-order valence-electron chi connectivity index (χ1n) is 7.22. The zero-order valence-electron chi connectivity index (χ0n) is 12.1. The Kier molecular flexibility index (Phi) is 4.55. The first-order valence-corrected chi connectivity index (χ1v) is 8.01. The van der Waals surface area contributed by atoms with Crippen molar-refractivity contribution in [2.45, 2.75) is 38.9 Å². The Morgan fingerprint density at radius 2 is 2.29 bits per heavy atom. The van der Waals surface area contributed by atoms with Gasteiger partial charge in [0.25, 0.3) is 0 Å². The third-order valence-corrected chi connectivity index (χ3v) is 4.02. The van der Waals surface area contributed by atoms with E-state index in [0.717, 1.165) is 22.5 Å². The molecule has 1 aliphatic rings. The second-order valence-corrected chi connectivity index (χ2v) is 6.26. The van der Waals surface area contributed by atoms with Gasteiger partial charge in [0.05, 0.1) is 16.7 Å². The van der Waals surface area contributed by atoms with E-state index in [1.165, 1.54) is 18.4 Å². The molecular formula is C15H19BrN4O. The van der Waals surface area contributed by atoms with Crippen LogP contribution in [0.5, 0.6) is 5.75 Å². The van der Waals surface area contributed by atoms with Crippen molar-refractivity contribution in [3.05, 3.63) is 40.1 Å². The predicted octanol–water partition coefficient (Wildman–Crippen LogP) is 2.68. The second kappa shape index (κ2) is 6.58. The van der Waals surface area contributed by atoms with Crippen molar-refractivity contribution >= 4 is 15.9 Å². The zero-order valence-corrected chi connectivity index (χ0v) is 13.6. The average Bonchev–Trinajstić information content (AvgIpc) is 3.18. The average molecular weight is 351 g/mol. The van der Waals surface area contributed by atoms with Crippen molar-refractivity contribution < 1.29 is 4.74 Å². The van der Waals surface area contributed by atoms with E-state index in [1.54, 1.807) is 0 Å². The normalized spacial score (nSPS) is 14.4. The molecule has 1 N–H and O–H groups in total. The van der Waals surface area contributed by atoms with Gasteiger partial charge in [0.1, 0.15) is 12.4 Å². The summed E-state index contributed by atoms with van der Waals surface area (Å²) < 4.78 is 8.57. The van der Waals surface area contributed by atoms with E-state index in [9.17, 15) is 0 Å². The SMILES string of the molecule is Cc1ccc(OCCn2cc(CNC3CC3)nn2)c(Br)c1. The number of nitrogens with zero attached hydrogens (tertiary/aromatic N) is 3. The maximum absolute atomic E-state index is 5.76. The van der Waals surface area contributed by atoms with Crippen LogP contribution in [0.3, 0.4) is 0 Å². The first kappa shape index (κ1) is 14.5. The molecule has 2 aromatic rings. The Balaban J connectivity index is 1.46. The molecule has 0 atom stereocenters. The van der Waals surface area contributed by atoms with Crippen LogP contribution in [-0.2, 0) is 13.1 Å². The minimum Gasteiger partial charge on any atom is -0.490 e. The molecule has 1 saturated carbocycles. The molecule has 0 amide bonds. The highest BCUT2D eigenvalue weighted by Crippen LogP contribution is 2.25. The summed E-state index contributed by atoms with van der Waals surface area (Å²) in [6, 6.07) is 6.76. The molecule has 21 heavy (non-hydrogen) atoms. The zero-order chi connectivity index (χ0) is 14.7. The number of halogens is 1. The van der Waals surface area contributed by atoms with Gasteiger partial charge < -0.3 is 10.1 Å². The summed E-state index contributed by atoms with van der Waals surface area (Å²) in [5.41, 5.74) is 2.19. The van der Waals surface area contributed by atoms with Gasteiger partial charge in [-0.15, -0.1) is 5.10 Å². The van der Waals surface area contributed by atoms with E-state index in [-0.39, 0.29) is 0 Å². The molecule has 1 heterocycles. The van der Waals surface area contributed by atoms with Gasteiger partial charge in [-0.05, 0) is 53.4 Å². The van der Waals surface area contributed by atoms with Gasteiger partial charge >= 0.3 is 0 Å². The smallest absolute Gasteiger partial charge is 0.133 e. The van der Waals surface area contributed by atoms with E-state index in [2.05, 4.69) is 38.5 Å². The molecule has 0 unspecified atom stereocenters. The van der Waals surface area contributed by atoms with Gasteiger partial charge in [-0.1, -0.05) is 11.3 Å². The van der Waals surface area contributed by atoms with Crippen LogP contribution >= 0.6 is 15.9 Å². The van der Waals surface area contributed by atoms with Crippen LogP contribution in [0.4, 0.5) is 0 Å². The molecule has 0 spiro atoms. The molecule has 0 bridgehead atoms. The van der Waals surface area contributed by atoms with Crippen molar-refractivity contribution in [3.63, 3.8) is 0 Å². The Morgan fingerprint density at radius 3 is 3.05 bits per heavy atom. The summed E-state index contributed by atoms with van der Waals surface area (Å²) >= 11 is 3.51.